The van der Waals surface area contributed by atoms with E-state index in [1.165, 1.54) is 0 Å². The quantitative estimate of drug-likeness (QED) is 0.856. The van der Waals surface area contributed by atoms with Gasteiger partial charge in [-0.2, -0.15) is 10.4 Å². The van der Waals surface area contributed by atoms with Crippen LogP contribution in [-0.2, 0) is 7.05 Å². The van der Waals surface area contributed by atoms with Crippen LogP contribution in [0.4, 0.5) is 0 Å². The van der Waals surface area contributed by atoms with Gasteiger partial charge in [0.2, 0.25) is 0 Å². The summed E-state index contributed by atoms with van der Waals surface area (Å²) in [6.45, 7) is 4.32. The summed E-state index contributed by atoms with van der Waals surface area (Å²) in [4.78, 5) is 14.4. The van der Waals surface area contributed by atoms with Crippen LogP contribution in [0.25, 0.3) is 10.9 Å². The van der Waals surface area contributed by atoms with Crippen molar-refractivity contribution in [3.63, 3.8) is 0 Å². The Balaban J connectivity index is 2.42. The molecule has 0 aliphatic heterocycles. The van der Waals surface area contributed by atoms with Gasteiger partial charge in [0.1, 0.15) is 0 Å². The van der Waals surface area contributed by atoms with Crippen LogP contribution >= 0.6 is 0 Å². The van der Waals surface area contributed by atoms with E-state index in [-0.39, 0.29) is 11.9 Å². The molecule has 0 spiro atoms. The molecule has 0 fully saturated rings. The van der Waals surface area contributed by atoms with Gasteiger partial charge < -0.3 is 4.90 Å². The normalized spacial score (nSPS) is 10.8. The number of amides is 1. The number of rotatable bonds is 4. The third-order valence-electron chi connectivity index (χ3n) is 3.31. The number of nitriles is 1. The standard InChI is InChI=1S/C15H18N4O/c1-11(2)19(10-6-9-16)15(20)14-12-7-4-5-8-13(12)18(3)17-14/h4-5,7-8,11H,6,10H2,1-3H3. The molecule has 1 heterocycles. The molecule has 0 radical (unpaired) electrons. The Hall–Kier alpha value is -2.35. The van der Waals surface area contributed by atoms with Crippen LogP contribution in [0.5, 0.6) is 0 Å². The molecule has 0 aliphatic carbocycles. The zero-order chi connectivity index (χ0) is 14.7. The molecule has 0 aliphatic rings. The van der Waals surface area contributed by atoms with Crippen molar-refractivity contribution in [3.05, 3.63) is 30.0 Å². The van der Waals surface area contributed by atoms with Crippen molar-refractivity contribution in [2.45, 2.75) is 26.3 Å². The monoisotopic (exact) mass is 270 g/mol. The lowest BCUT2D eigenvalue weighted by Crippen LogP contribution is -2.38. The first-order chi connectivity index (χ1) is 9.56. The maximum Gasteiger partial charge on any atom is 0.275 e. The van der Waals surface area contributed by atoms with Crippen molar-refractivity contribution in [3.8, 4) is 6.07 Å². The number of benzene rings is 1. The van der Waals surface area contributed by atoms with E-state index in [1.54, 1.807) is 9.58 Å². The summed E-state index contributed by atoms with van der Waals surface area (Å²) in [5.41, 5.74) is 1.38. The number of para-hydroxylation sites is 1. The predicted octanol–water partition coefficient (Wildman–Crippen LogP) is 2.34. The summed E-state index contributed by atoms with van der Waals surface area (Å²) in [5, 5.41) is 13.9. The summed E-state index contributed by atoms with van der Waals surface area (Å²) in [5.74, 6) is -0.118. The van der Waals surface area contributed by atoms with Gasteiger partial charge in [-0.05, 0) is 19.9 Å². The van der Waals surface area contributed by atoms with Crippen molar-refractivity contribution in [2.75, 3.05) is 6.54 Å². The van der Waals surface area contributed by atoms with Crippen molar-refractivity contribution in [2.24, 2.45) is 7.05 Å². The van der Waals surface area contributed by atoms with Gasteiger partial charge in [-0.25, -0.2) is 0 Å². The van der Waals surface area contributed by atoms with Gasteiger partial charge in [-0.1, -0.05) is 18.2 Å². The molecule has 0 atom stereocenters. The molecule has 0 saturated heterocycles. The lowest BCUT2D eigenvalue weighted by atomic mass is 10.1. The Morgan fingerprint density at radius 2 is 2.15 bits per heavy atom. The first-order valence-corrected chi connectivity index (χ1v) is 6.66. The van der Waals surface area contributed by atoms with E-state index in [0.717, 1.165) is 10.9 Å². The fourth-order valence-corrected chi connectivity index (χ4v) is 2.27. The van der Waals surface area contributed by atoms with Gasteiger partial charge in [-0.3, -0.25) is 9.48 Å². The predicted molar refractivity (Wildman–Crippen MR) is 77.1 cm³/mol. The highest BCUT2D eigenvalue weighted by Gasteiger charge is 2.23. The summed E-state index contributed by atoms with van der Waals surface area (Å²) in [6.07, 6.45) is 0.328. The van der Waals surface area contributed by atoms with Crippen LogP contribution in [0, 0.1) is 11.3 Å². The van der Waals surface area contributed by atoms with Crippen LogP contribution in [0.3, 0.4) is 0 Å². The van der Waals surface area contributed by atoms with E-state index in [4.69, 9.17) is 5.26 Å². The minimum Gasteiger partial charge on any atom is -0.334 e. The first kappa shape index (κ1) is 14.1. The summed E-state index contributed by atoms with van der Waals surface area (Å²) >= 11 is 0. The number of fused-ring (bicyclic) bond motifs is 1. The Morgan fingerprint density at radius 1 is 1.45 bits per heavy atom. The second-order valence-electron chi connectivity index (χ2n) is 4.99. The second kappa shape index (κ2) is 5.74. The topological polar surface area (TPSA) is 61.9 Å². The highest BCUT2D eigenvalue weighted by atomic mass is 16.2. The average molecular weight is 270 g/mol. The molecular weight excluding hydrogens is 252 g/mol. The van der Waals surface area contributed by atoms with Gasteiger partial charge in [-0.15, -0.1) is 0 Å². The van der Waals surface area contributed by atoms with E-state index in [0.29, 0.717) is 18.7 Å². The Bertz CT molecular complexity index is 666. The van der Waals surface area contributed by atoms with E-state index in [9.17, 15) is 4.79 Å². The SMILES string of the molecule is CC(C)N(CCC#N)C(=O)c1nn(C)c2ccccc12. The summed E-state index contributed by atoms with van der Waals surface area (Å²) in [7, 11) is 1.83. The molecule has 104 valence electrons. The Morgan fingerprint density at radius 3 is 2.80 bits per heavy atom. The molecule has 1 aromatic carbocycles. The summed E-state index contributed by atoms with van der Waals surface area (Å²) < 4.78 is 1.71. The van der Waals surface area contributed by atoms with Gasteiger partial charge in [0, 0.05) is 25.0 Å². The largest absolute Gasteiger partial charge is 0.334 e. The first-order valence-electron chi connectivity index (χ1n) is 6.66. The van der Waals surface area contributed by atoms with Crippen LogP contribution in [0.1, 0.15) is 30.8 Å². The number of carbonyl (C=O) groups is 1. The molecule has 2 aromatic rings. The fraction of sp³-hybridized carbons (Fsp3) is 0.400. The van der Waals surface area contributed by atoms with Crippen LogP contribution in [0.15, 0.2) is 24.3 Å². The zero-order valence-electron chi connectivity index (χ0n) is 12.0. The van der Waals surface area contributed by atoms with Gasteiger partial charge in [0.25, 0.3) is 5.91 Å². The molecular formula is C15H18N4O. The van der Waals surface area contributed by atoms with E-state index >= 15 is 0 Å². The van der Waals surface area contributed by atoms with E-state index < -0.39 is 0 Å². The minimum absolute atomic E-state index is 0.0385. The summed E-state index contributed by atoms with van der Waals surface area (Å²) in [6, 6.07) is 9.78. The van der Waals surface area contributed by atoms with Gasteiger partial charge in [0.15, 0.2) is 5.69 Å². The molecule has 0 unspecified atom stereocenters. The van der Waals surface area contributed by atoms with Crippen molar-refractivity contribution < 1.29 is 4.79 Å². The number of carbonyl (C=O) groups excluding carboxylic acids is 1. The Labute approximate surface area is 118 Å². The second-order valence-corrected chi connectivity index (χ2v) is 4.99. The smallest absolute Gasteiger partial charge is 0.275 e. The van der Waals surface area contributed by atoms with E-state index in [2.05, 4.69) is 11.2 Å². The maximum absolute atomic E-state index is 12.7. The molecule has 0 N–H and O–H groups in total. The van der Waals surface area contributed by atoms with Crippen molar-refractivity contribution >= 4 is 16.8 Å². The third-order valence-corrected chi connectivity index (χ3v) is 3.31. The van der Waals surface area contributed by atoms with E-state index in [1.807, 2.05) is 45.2 Å². The number of hydrogen-bond donors (Lipinski definition) is 0. The fourth-order valence-electron chi connectivity index (χ4n) is 2.27. The zero-order valence-corrected chi connectivity index (χ0v) is 12.0. The molecule has 0 saturated carbocycles. The minimum atomic E-state index is -0.118. The molecule has 2 rings (SSSR count). The van der Waals surface area contributed by atoms with Crippen molar-refractivity contribution in [1.82, 2.24) is 14.7 Å². The molecule has 20 heavy (non-hydrogen) atoms. The molecule has 1 aromatic heterocycles. The number of nitrogens with zero attached hydrogens (tertiary/aromatic N) is 4. The Kier molecular flexibility index (Phi) is 4.04. The van der Waals surface area contributed by atoms with Crippen molar-refractivity contribution in [1.29, 1.82) is 5.26 Å². The molecule has 5 heteroatoms. The van der Waals surface area contributed by atoms with Gasteiger partial charge in [0.05, 0.1) is 18.0 Å². The highest BCUT2D eigenvalue weighted by Crippen LogP contribution is 2.19. The van der Waals surface area contributed by atoms with Crippen LogP contribution in [0.2, 0.25) is 0 Å². The molecule has 1 amide bonds. The van der Waals surface area contributed by atoms with Gasteiger partial charge >= 0.3 is 0 Å². The molecule has 0 bridgehead atoms. The third kappa shape index (κ3) is 2.50. The average Bonchev–Trinajstić information content (AvgIpc) is 2.77. The highest BCUT2D eigenvalue weighted by molar-refractivity contribution is 6.04. The lowest BCUT2D eigenvalue weighted by molar-refractivity contribution is 0.0705. The van der Waals surface area contributed by atoms with Crippen LogP contribution in [-0.4, -0.2) is 33.2 Å². The molecule has 5 nitrogen and oxygen atoms in total. The number of hydrogen-bond acceptors (Lipinski definition) is 3. The van der Waals surface area contributed by atoms with Crippen LogP contribution < -0.4 is 0 Å². The maximum atomic E-state index is 12.7. The lowest BCUT2D eigenvalue weighted by Gasteiger charge is -2.25. The number of aromatic nitrogens is 2. The number of aryl methyl sites for hydroxylation is 1.